The Bertz CT molecular complexity index is 1200. The van der Waals surface area contributed by atoms with Gasteiger partial charge in [-0.1, -0.05) is 163 Å². The van der Waals surface area contributed by atoms with Crippen molar-refractivity contribution in [2.75, 3.05) is 13.2 Å². The Morgan fingerprint density at radius 2 is 0.724 bits per heavy atom. The molecule has 1 unspecified atom stereocenters. The molecular formula is C52H84O6. The molecule has 328 valence electrons. The largest absolute Gasteiger partial charge is 0.462 e. The first-order valence-corrected chi connectivity index (χ1v) is 23.3. The van der Waals surface area contributed by atoms with Crippen LogP contribution in [0.4, 0.5) is 0 Å². The predicted molar refractivity (Wildman–Crippen MR) is 247 cm³/mol. The van der Waals surface area contributed by atoms with Crippen molar-refractivity contribution in [3.63, 3.8) is 0 Å². The highest BCUT2D eigenvalue weighted by Crippen LogP contribution is 2.11. The summed E-state index contributed by atoms with van der Waals surface area (Å²) in [5.74, 6) is -1.03. The van der Waals surface area contributed by atoms with Gasteiger partial charge < -0.3 is 14.2 Å². The van der Waals surface area contributed by atoms with Crippen LogP contribution in [-0.4, -0.2) is 37.2 Å². The molecule has 0 fully saturated rings. The third kappa shape index (κ3) is 43.5. The van der Waals surface area contributed by atoms with Gasteiger partial charge in [-0.15, -0.1) is 0 Å². The first kappa shape index (κ1) is 54.3. The van der Waals surface area contributed by atoms with Gasteiger partial charge in [-0.2, -0.15) is 0 Å². The quantitative estimate of drug-likeness (QED) is 0.0202. The van der Waals surface area contributed by atoms with Crippen molar-refractivity contribution in [1.29, 1.82) is 0 Å². The van der Waals surface area contributed by atoms with Gasteiger partial charge in [0.15, 0.2) is 6.10 Å². The zero-order chi connectivity index (χ0) is 42.3. The number of allylic oxidation sites excluding steroid dienone is 16. The van der Waals surface area contributed by atoms with E-state index >= 15 is 0 Å². The number of carbonyl (C=O) groups is 3. The Kier molecular flexibility index (Phi) is 43.1. The van der Waals surface area contributed by atoms with Crippen molar-refractivity contribution in [3.8, 4) is 0 Å². The summed E-state index contributed by atoms with van der Waals surface area (Å²) in [4.78, 5) is 37.7. The second-order valence-corrected chi connectivity index (χ2v) is 14.9. The van der Waals surface area contributed by atoms with Gasteiger partial charge >= 0.3 is 17.9 Å². The maximum atomic E-state index is 12.7. The second kappa shape index (κ2) is 46.0. The molecule has 58 heavy (non-hydrogen) atoms. The lowest BCUT2D eigenvalue weighted by molar-refractivity contribution is -0.167. The molecule has 0 spiro atoms. The molecule has 0 N–H and O–H groups in total. The van der Waals surface area contributed by atoms with Crippen LogP contribution < -0.4 is 0 Å². The zero-order valence-electron chi connectivity index (χ0n) is 37.3. The van der Waals surface area contributed by atoms with Crippen molar-refractivity contribution < 1.29 is 28.6 Å². The number of esters is 3. The van der Waals surface area contributed by atoms with E-state index in [0.717, 1.165) is 96.3 Å². The van der Waals surface area contributed by atoms with Crippen LogP contribution in [0.15, 0.2) is 97.2 Å². The van der Waals surface area contributed by atoms with E-state index in [0.29, 0.717) is 25.7 Å². The SMILES string of the molecule is CC/C=C\C/C=C\C/C=C\CCCCC(=O)OCC(COC(=O)CCCCC/C=C\C=C/CCCCCCCCC)OC(=O)CCCC/C=C\C/C=C\C/C=C\CC. The van der Waals surface area contributed by atoms with Gasteiger partial charge in [-0.05, 0) is 109 Å². The van der Waals surface area contributed by atoms with Crippen LogP contribution >= 0.6 is 0 Å². The zero-order valence-corrected chi connectivity index (χ0v) is 37.3. The van der Waals surface area contributed by atoms with E-state index in [1.807, 2.05) is 0 Å². The number of hydrogen-bond donors (Lipinski definition) is 0. The fourth-order valence-electron chi connectivity index (χ4n) is 5.87. The topological polar surface area (TPSA) is 78.9 Å². The normalized spacial score (nSPS) is 12.9. The third-order valence-electron chi connectivity index (χ3n) is 9.33. The molecule has 0 amide bonds. The maximum absolute atomic E-state index is 12.7. The van der Waals surface area contributed by atoms with Gasteiger partial charge in [-0.3, -0.25) is 14.4 Å². The smallest absolute Gasteiger partial charge is 0.306 e. The molecule has 0 aromatic rings. The Morgan fingerprint density at radius 3 is 1.19 bits per heavy atom. The third-order valence-corrected chi connectivity index (χ3v) is 9.33. The molecule has 0 aliphatic carbocycles. The molecule has 0 aliphatic rings. The van der Waals surface area contributed by atoms with E-state index < -0.39 is 6.10 Å². The molecule has 0 aromatic heterocycles. The highest BCUT2D eigenvalue weighted by molar-refractivity contribution is 5.71. The van der Waals surface area contributed by atoms with Crippen LogP contribution in [0.5, 0.6) is 0 Å². The maximum Gasteiger partial charge on any atom is 0.306 e. The fraction of sp³-hybridized carbons (Fsp3) is 0.635. The Hall–Kier alpha value is -3.67. The van der Waals surface area contributed by atoms with Gasteiger partial charge in [0.25, 0.3) is 0 Å². The van der Waals surface area contributed by atoms with Crippen LogP contribution in [0.2, 0.25) is 0 Å². The average molecular weight is 805 g/mol. The number of ether oxygens (including phenoxy) is 3. The van der Waals surface area contributed by atoms with E-state index in [1.54, 1.807) is 0 Å². The van der Waals surface area contributed by atoms with E-state index in [-0.39, 0.29) is 37.5 Å². The van der Waals surface area contributed by atoms with Crippen molar-refractivity contribution >= 4 is 17.9 Å². The molecule has 0 bridgehead atoms. The monoisotopic (exact) mass is 805 g/mol. The van der Waals surface area contributed by atoms with Gasteiger partial charge in [0.05, 0.1) is 0 Å². The van der Waals surface area contributed by atoms with Crippen molar-refractivity contribution in [2.24, 2.45) is 0 Å². The molecule has 6 nitrogen and oxygen atoms in total. The minimum absolute atomic E-state index is 0.121. The van der Waals surface area contributed by atoms with Gasteiger partial charge in [0, 0.05) is 19.3 Å². The molecule has 0 saturated heterocycles. The molecule has 0 radical (unpaired) electrons. The van der Waals surface area contributed by atoms with Crippen molar-refractivity contribution in [3.05, 3.63) is 97.2 Å². The minimum Gasteiger partial charge on any atom is -0.462 e. The summed E-state index contributed by atoms with van der Waals surface area (Å²) in [5.41, 5.74) is 0. The van der Waals surface area contributed by atoms with E-state index in [4.69, 9.17) is 14.2 Å². The minimum atomic E-state index is -0.823. The summed E-state index contributed by atoms with van der Waals surface area (Å²) in [6.07, 6.45) is 59.7. The number of rotatable bonds is 40. The molecule has 0 aromatic carbocycles. The van der Waals surface area contributed by atoms with Gasteiger partial charge in [-0.25, -0.2) is 0 Å². The number of hydrogen-bond acceptors (Lipinski definition) is 6. The highest BCUT2D eigenvalue weighted by Gasteiger charge is 2.19. The van der Waals surface area contributed by atoms with Crippen LogP contribution in [0.25, 0.3) is 0 Å². The van der Waals surface area contributed by atoms with Crippen LogP contribution in [0, 0.1) is 0 Å². The van der Waals surface area contributed by atoms with Crippen molar-refractivity contribution in [2.45, 2.75) is 200 Å². The molecule has 6 heteroatoms. The average Bonchev–Trinajstić information content (AvgIpc) is 3.22. The molecule has 0 heterocycles. The summed E-state index contributed by atoms with van der Waals surface area (Å²) in [5, 5.41) is 0. The summed E-state index contributed by atoms with van der Waals surface area (Å²) in [7, 11) is 0. The molecule has 0 rings (SSSR count). The lowest BCUT2D eigenvalue weighted by atomic mass is 10.1. The Morgan fingerprint density at radius 1 is 0.379 bits per heavy atom. The van der Waals surface area contributed by atoms with Crippen LogP contribution in [0.3, 0.4) is 0 Å². The summed E-state index contributed by atoms with van der Waals surface area (Å²) in [6, 6.07) is 0. The molecule has 0 saturated carbocycles. The fourth-order valence-corrected chi connectivity index (χ4v) is 5.87. The van der Waals surface area contributed by atoms with E-state index in [9.17, 15) is 14.4 Å². The van der Waals surface area contributed by atoms with Gasteiger partial charge in [0.1, 0.15) is 13.2 Å². The van der Waals surface area contributed by atoms with Crippen molar-refractivity contribution in [1.82, 2.24) is 0 Å². The first-order valence-electron chi connectivity index (χ1n) is 23.3. The lowest BCUT2D eigenvalue weighted by Gasteiger charge is -2.18. The number of unbranched alkanes of at least 4 members (excludes halogenated alkanes) is 14. The van der Waals surface area contributed by atoms with Crippen LogP contribution in [-0.2, 0) is 28.6 Å². The summed E-state index contributed by atoms with van der Waals surface area (Å²) < 4.78 is 16.6. The Balaban J connectivity index is 4.53. The van der Waals surface area contributed by atoms with Gasteiger partial charge in [0.2, 0.25) is 0 Å². The second-order valence-electron chi connectivity index (χ2n) is 14.9. The standard InChI is InChI=1S/C52H84O6/c1-4-7-10-13-16-19-22-25-26-27-28-31-33-36-39-42-45-51(54)57-48-49(58-52(55)46-43-40-37-34-30-24-21-18-15-12-9-6-3)47-56-50(53)44-41-38-35-32-29-23-20-17-14-11-8-5-2/h8-9,11-12,17-18,20-21,26-32,34,49H,4-7,10,13-16,19,22-25,33,35-48H2,1-3H3/b11-8-,12-9-,20-17-,21-18-,27-26-,31-28-,32-29-,34-30-. The summed E-state index contributed by atoms with van der Waals surface area (Å²) >= 11 is 0. The first-order chi connectivity index (χ1) is 28.5. The number of carbonyl (C=O) groups excluding carboxylic acids is 3. The molecular weight excluding hydrogens is 721 g/mol. The molecule has 1 atom stereocenters. The Labute approximate surface area is 356 Å². The highest BCUT2D eigenvalue weighted by atomic mass is 16.6. The summed E-state index contributed by atoms with van der Waals surface area (Å²) in [6.45, 7) is 6.28. The van der Waals surface area contributed by atoms with Crippen LogP contribution in [0.1, 0.15) is 194 Å². The molecule has 0 aliphatic heterocycles. The van der Waals surface area contributed by atoms with E-state index in [1.165, 1.54) is 44.9 Å². The predicted octanol–water partition coefficient (Wildman–Crippen LogP) is 15.0. The van der Waals surface area contributed by atoms with E-state index in [2.05, 4.69) is 118 Å². The lowest BCUT2D eigenvalue weighted by Crippen LogP contribution is -2.30.